The second kappa shape index (κ2) is 13.2. The average molecular weight is 425 g/mol. The lowest BCUT2D eigenvalue weighted by Crippen LogP contribution is -2.69. The van der Waals surface area contributed by atoms with Gasteiger partial charge in [0.15, 0.2) is 6.04 Å². The van der Waals surface area contributed by atoms with Gasteiger partial charge in [-0.3, -0.25) is 9.59 Å². The van der Waals surface area contributed by atoms with Crippen molar-refractivity contribution in [2.24, 2.45) is 5.92 Å². The van der Waals surface area contributed by atoms with E-state index in [9.17, 15) is 14.4 Å². The number of hydrogen-bond donors (Lipinski definition) is 3. The summed E-state index contributed by atoms with van der Waals surface area (Å²) >= 11 is 1.65. The van der Waals surface area contributed by atoms with Gasteiger partial charge in [0.25, 0.3) is 5.91 Å². The van der Waals surface area contributed by atoms with Crippen molar-refractivity contribution in [2.75, 3.05) is 19.1 Å². The molecule has 0 heterocycles. The van der Waals surface area contributed by atoms with Gasteiger partial charge in [-0.25, -0.2) is 4.79 Å². The second-order valence-corrected chi connectivity index (χ2v) is 8.43. The predicted octanol–water partition coefficient (Wildman–Crippen LogP) is 0.781. The third-order valence-electron chi connectivity index (χ3n) is 4.47. The van der Waals surface area contributed by atoms with Gasteiger partial charge < -0.3 is 21.1 Å². The number of hydrogen-bond acceptors (Lipinski definition) is 5. The van der Waals surface area contributed by atoms with Crippen molar-refractivity contribution in [2.45, 2.75) is 51.2 Å². The fraction of sp³-hybridized carbons (Fsp3) is 0.571. The molecule has 0 saturated heterocycles. The van der Waals surface area contributed by atoms with Gasteiger partial charge in [-0.1, -0.05) is 44.2 Å². The van der Waals surface area contributed by atoms with Crippen molar-refractivity contribution in [3.63, 3.8) is 0 Å². The number of carbonyl (C=O) groups is 3. The van der Waals surface area contributed by atoms with E-state index in [1.165, 1.54) is 7.11 Å². The number of carbonyl (C=O) groups excluding carboxylic acids is 3. The molecule has 162 valence electrons. The molecule has 0 aliphatic heterocycles. The number of esters is 1. The number of quaternary nitrogens is 1. The van der Waals surface area contributed by atoms with Gasteiger partial charge in [0.05, 0.1) is 7.11 Å². The number of nitrogens with one attached hydrogen (secondary N) is 2. The molecule has 5 N–H and O–H groups in total. The van der Waals surface area contributed by atoms with Crippen molar-refractivity contribution in [1.82, 2.24) is 10.6 Å². The predicted molar refractivity (Wildman–Crippen MR) is 115 cm³/mol. The molecule has 29 heavy (non-hydrogen) atoms. The van der Waals surface area contributed by atoms with E-state index in [4.69, 9.17) is 4.74 Å². The van der Waals surface area contributed by atoms with Gasteiger partial charge in [-0.2, -0.15) is 11.8 Å². The van der Waals surface area contributed by atoms with Gasteiger partial charge >= 0.3 is 5.97 Å². The fourth-order valence-electron chi connectivity index (χ4n) is 2.84. The van der Waals surface area contributed by atoms with E-state index in [2.05, 4.69) is 16.4 Å². The van der Waals surface area contributed by atoms with E-state index in [0.29, 0.717) is 19.3 Å². The van der Waals surface area contributed by atoms with Crippen molar-refractivity contribution in [3.8, 4) is 0 Å². The SMILES string of the molecule is COC(=O)[C@H](Cc1ccccc1)NC(=O)[C@H](CC(C)C)NC(=O)[C@H]([NH3+])CCSC. The third-order valence-corrected chi connectivity index (χ3v) is 5.11. The zero-order chi connectivity index (χ0) is 21.8. The number of thioether (sulfide) groups is 1. The first-order chi connectivity index (χ1) is 13.8. The van der Waals surface area contributed by atoms with Crippen LogP contribution in [0.5, 0.6) is 0 Å². The summed E-state index contributed by atoms with van der Waals surface area (Å²) in [6, 6.07) is 7.41. The molecule has 0 bridgehead atoms. The molecule has 0 saturated carbocycles. The minimum atomic E-state index is -0.825. The molecule has 8 heteroatoms. The maximum absolute atomic E-state index is 12.9. The lowest BCUT2D eigenvalue weighted by atomic mass is 10.0. The normalized spacial score (nSPS) is 14.0. The molecule has 0 unspecified atom stereocenters. The van der Waals surface area contributed by atoms with Crippen LogP contribution in [0.25, 0.3) is 0 Å². The Hall–Kier alpha value is -2.06. The Balaban J connectivity index is 2.86. The molecule has 1 aromatic rings. The summed E-state index contributed by atoms with van der Waals surface area (Å²) in [7, 11) is 1.29. The Morgan fingerprint density at radius 2 is 1.69 bits per heavy atom. The summed E-state index contributed by atoms with van der Waals surface area (Å²) < 4.78 is 4.86. The molecule has 0 aliphatic carbocycles. The van der Waals surface area contributed by atoms with E-state index in [1.54, 1.807) is 11.8 Å². The van der Waals surface area contributed by atoms with Crippen LogP contribution in [0.15, 0.2) is 30.3 Å². The molecular formula is C21H34N3O4S+. The van der Waals surface area contributed by atoms with Crippen LogP contribution in [0.1, 0.15) is 32.3 Å². The standard InChI is InChI=1S/C21H33N3O4S/c1-14(2)12-17(23-19(25)16(22)10-11-29-4)20(26)24-18(21(27)28-3)13-15-8-6-5-7-9-15/h5-9,14,16-18H,10-13,22H2,1-4H3,(H,23,25)(H,24,26)/p+1/t16-,17+,18+/m1/s1. The Morgan fingerprint density at radius 3 is 2.24 bits per heavy atom. The highest BCUT2D eigenvalue weighted by atomic mass is 32.2. The van der Waals surface area contributed by atoms with Crippen LogP contribution >= 0.6 is 11.8 Å². The van der Waals surface area contributed by atoms with Crippen molar-refractivity contribution < 1.29 is 24.9 Å². The number of amides is 2. The molecule has 3 atom stereocenters. The summed E-state index contributed by atoms with van der Waals surface area (Å²) in [4.78, 5) is 37.6. The van der Waals surface area contributed by atoms with Gasteiger partial charge in [-0.15, -0.1) is 0 Å². The Kier molecular flexibility index (Phi) is 11.4. The maximum Gasteiger partial charge on any atom is 0.328 e. The van der Waals surface area contributed by atoms with Crippen LogP contribution in [-0.4, -0.2) is 55.0 Å². The topological polar surface area (TPSA) is 112 Å². The first kappa shape index (κ1) is 25.0. The van der Waals surface area contributed by atoms with Crippen molar-refractivity contribution >= 4 is 29.5 Å². The van der Waals surface area contributed by atoms with E-state index < -0.39 is 30.0 Å². The molecule has 7 nitrogen and oxygen atoms in total. The molecule has 0 aliphatic rings. The van der Waals surface area contributed by atoms with Crippen LogP contribution < -0.4 is 16.4 Å². The minimum absolute atomic E-state index is 0.186. The molecule has 0 fully saturated rings. The number of rotatable bonds is 12. The highest BCUT2D eigenvalue weighted by molar-refractivity contribution is 7.98. The van der Waals surface area contributed by atoms with Crippen LogP contribution in [0.3, 0.4) is 0 Å². The smallest absolute Gasteiger partial charge is 0.328 e. The van der Waals surface area contributed by atoms with Crippen molar-refractivity contribution in [3.05, 3.63) is 35.9 Å². The summed E-state index contributed by atoms with van der Waals surface area (Å²) in [6.07, 6.45) is 3.39. The molecule has 0 aromatic heterocycles. The zero-order valence-electron chi connectivity index (χ0n) is 17.8. The van der Waals surface area contributed by atoms with Gasteiger partial charge in [0.1, 0.15) is 12.1 Å². The van der Waals surface area contributed by atoms with E-state index in [-0.39, 0.29) is 11.8 Å². The molecular weight excluding hydrogens is 390 g/mol. The van der Waals surface area contributed by atoms with Crippen LogP contribution in [-0.2, 0) is 25.5 Å². The zero-order valence-corrected chi connectivity index (χ0v) is 18.6. The third kappa shape index (κ3) is 9.32. The lowest BCUT2D eigenvalue weighted by Gasteiger charge is -2.24. The van der Waals surface area contributed by atoms with Crippen LogP contribution in [0.2, 0.25) is 0 Å². The van der Waals surface area contributed by atoms with Gasteiger partial charge in [0.2, 0.25) is 5.91 Å². The number of ether oxygens (including phenoxy) is 1. The van der Waals surface area contributed by atoms with Crippen molar-refractivity contribution in [1.29, 1.82) is 0 Å². The monoisotopic (exact) mass is 424 g/mol. The summed E-state index contributed by atoms with van der Waals surface area (Å²) in [5.74, 6) is -0.157. The number of methoxy groups -OCH3 is 1. The highest BCUT2D eigenvalue weighted by Crippen LogP contribution is 2.09. The van der Waals surface area contributed by atoms with Gasteiger partial charge in [0, 0.05) is 12.8 Å². The number of benzene rings is 1. The average Bonchev–Trinajstić information content (AvgIpc) is 2.70. The molecule has 1 aromatic carbocycles. The second-order valence-electron chi connectivity index (χ2n) is 7.44. The van der Waals surface area contributed by atoms with E-state index in [0.717, 1.165) is 11.3 Å². The minimum Gasteiger partial charge on any atom is -0.467 e. The summed E-state index contributed by atoms with van der Waals surface area (Å²) in [6.45, 7) is 3.95. The van der Waals surface area contributed by atoms with Gasteiger partial charge in [-0.05, 0) is 29.9 Å². The quantitative estimate of drug-likeness (QED) is 0.429. The summed E-state index contributed by atoms with van der Waals surface area (Å²) in [5, 5.41) is 5.56. The molecule has 0 radical (unpaired) electrons. The lowest BCUT2D eigenvalue weighted by molar-refractivity contribution is -0.404. The Bertz CT molecular complexity index is 655. The molecule has 2 amide bonds. The Morgan fingerprint density at radius 1 is 1.07 bits per heavy atom. The van der Waals surface area contributed by atoms with E-state index >= 15 is 0 Å². The maximum atomic E-state index is 12.9. The fourth-order valence-corrected chi connectivity index (χ4v) is 3.36. The first-order valence-electron chi connectivity index (χ1n) is 9.83. The first-order valence-corrected chi connectivity index (χ1v) is 11.2. The molecule has 0 spiro atoms. The Labute approximate surface area is 177 Å². The highest BCUT2D eigenvalue weighted by Gasteiger charge is 2.29. The van der Waals surface area contributed by atoms with Crippen LogP contribution in [0, 0.1) is 5.92 Å². The largest absolute Gasteiger partial charge is 0.467 e. The van der Waals surface area contributed by atoms with E-state index in [1.807, 2.05) is 50.4 Å². The van der Waals surface area contributed by atoms with Crippen LogP contribution in [0.4, 0.5) is 0 Å². The molecule has 1 rings (SSSR count). The summed E-state index contributed by atoms with van der Waals surface area (Å²) in [5.41, 5.74) is 4.80.